The van der Waals surface area contributed by atoms with Crippen LogP contribution in [0.15, 0.2) is 27.8 Å². The predicted molar refractivity (Wildman–Crippen MR) is 61.9 cm³/mol. The molecule has 84 valence electrons. The molecule has 0 aromatic heterocycles. The third-order valence-corrected chi connectivity index (χ3v) is 3.22. The molecule has 0 saturated carbocycles. The van der Waals surface area contributed by atoms with Gasteiger partial charge in [0.25, 0.3) is 0 Å². The first-order valence-electron chi connectivity index (χ1n) is 4.84. The van der Waals surface area contributed by atoms with E-state index in [-0.39, 0.29) is 12.3 Å². The van der Waals surface area contributed by atoms with Gasteiger partial charge in [-0.05, 0) is 24.1 Å². The van der Waals surface area contributed by atoms with Gasteiger partial charge < -0.3 is 10.3 Å². The maximum Gasteiger partial charge on any atom is 0.304 e. The minimum atomic E-state index is -0.877. The van der Waals surface area contributed by atoms with Gasteiger partial charge in [-0.15, -0.1) is 0 Å². The molecule has 1 aliphatic carbocycles. The topological polar surface area (TPSA) is 69.9 Å². The van der Waals surface area contributed by atoms with Crippen LogP contribution in [0.2, 0.25) is 0 Å². The van der Waals surface area contributed by atoms with Crippen LogP contribution >= 0.6 is 15.9 Å². The number of hydrogen-bond acceptors (Lipinski definition) is 3. The summed E-state index contributed by atoms with van der Waals surface area (Å²) in [6.07, 6.45) is 0.611. The second-order valence-electron chi connectivity index (χ2n) is 3.79. The fraction of sp³-hybridized carbons (Fsp3) is 0.273. The lowest BCUT2D eigenvalue weighted by Crippen LogP contribution is -2.15. The molecule has 1 aromatic rings. The third kappa shape index (κ3) is 1.95. The van der Waals surface area contributed by atoms with E-state index in [0.29, 0.717) is 12.1 Å². The highest BCUT2D eigenvalue weighted by atomic mass is 79.9. The van der Waals surface area contributed by atoms with Crippen LogP contribution in [0.5, 0.6) is 0 Å². The fourth-order valence-corrected chi connectivity index (χ4v) is 2.42. The van der Waals surface area contributed by atoms with Gasteiger partial charge in [0, 0.05) is 16.0 Å². The van der Waals surface area contributed by atoms with Crippen LogP contribution in [-0.4, -0.2) is 22.0 Å². The highest BCUT2D eigenvalue weighted by Gasteiger charge is 2.30. The normalized spacial score (nSPS) is 21.1. The van der Waals surface area contributed by atoms with Gasteiger partial charge in [-0.3, -0.25) is 4.79 Å². The standard InChI is InChI=1S/C11H10BrNO3/c12-8-2-1-6-3-7(4-10(14)15)11(13-16)9(6)5-8/h1-2,5,7,16H,3-4H2,(H,14,15)/b13-11+. The van der Waals surface area contributed by atoms with Crippen LogP contribution < -0.4 is 0 Å². The highest BCUT2D eigenvalue weighted by molar-refractivity contribution is 9.10. The molecule has 0 amide bonds. The Kier molecular flexibility index (Phi) is 2.96. The Labute approximate surface area is 101 Å². The first kappa shape index (κ1) is 11.1. The van der Waals surface area contributed by atoms with Gasteiger partial charge in [0.2, 0.25) is 0 Å². The van der Waals surface area contributed by atoms with Crippen molar-refractivity contribution in [1.82, 2.24) is 0 Å². The van der Waals surface area contributed by atoms with Gasteiger partial charge in [0.05, 0.1) is 12.1 Å². The molecule has 0 fully saturated rings. The van der Waals surface area contributed by atoms with E-state index in [9.17, 15) is 4.79 Å². The Bertz CT molecular complexity index is 470. The van der Waals surface area contributed by atoms with E-state index >= 15 is 0 Å². The zero-order chi connectivity index (χ0) is 11.7. The van der Waals surface area contributed by atoms with Crippen molar-refractivity contribution in [3.8, 4) is 0 Å². The molecular formula is C11H10BrNO3. The average molecular weight is 284 g/mol. The zero-order valence-electron chi connectivity index (χ0n) is 8.35. The van der Waals surface area contributed by atoms with Crippen molar-refractivity contribution in [2.24, 2.45) is 11.1 Å². The van der Waals surface area contributed by atoms with Crippen LogP contribution in [0.1, 0.15) is 17.5 Å². The van der Waals surface area contributed by atoms with Gasteiger partial charge in [0.15, 0.2) is 0 Å². The number of fused-ring (bicyclic) bond motifs is 1. The van der Waals surface area contributed by atoms with Crippen molar-refractivity contribution in [2.45, 2.75) is 12.8 Å². The summed E-state index contributed by atoms with van der Waals surface area (Å²) in [6.45, 7) is 0. The number of benzene rings is 1. The van der Waals surface area contributed by atoms with Gasteiger partial charge in [0.1, 0.15) is 0 Å². The number of nitrogens with zero attached hydrogens (tertiary/aromatic N) is 1. The van der Waals surface area contributed by atoms with Crippen molar-refractivity contribution in [1.29, 1.82) is 0 Å². The van der Waals surface area contributed by atoms with E-state index in [1.54, 1.807) is 0 Å². The summed E-state index contributed by atoms with van der Waals surface area (Å²) in [5.41, 5.74) is 2.34. The third-order valence-electron chi connectivity index (χ3n) is 2.73. The van der Waals surface area contributed by atoms with Crippen molar-refractivity contribution in [3.05, 3.63) is 33.8 Å². The van der Waals surface area contributed by atoms with Gasteiger partial charge in [-0.2, -0.15) is 0 Å². The van der Waals surface area contributed by atoms with Gasteiger partial charge in [-0.25, -0.2) is 0 Å². The quantitative estimate of drug-likeness (QED) is 0.646. The van der Waals surface area contributed by atoms with Crippen LogP contribution in [0.25, 0.3) is 0 Å². The molecule has 1 aliphatic rings. The van der Waals surface area contributed by atoms with Crippen molar-refractivity contribution >= 4 is 27.6 Å². The van der Waals surface area contributed by atoms with Crippen LogP contribution in [-0.2, 0) is 11.2 Å². The fourth-order valence-electron chi connectivity index (χ4n) is 2.06. The minimum Gasteiger partial charge on any atom is -0.481 e. The Morgan fingerprint density at radius 2 is 2.31 bits per heavy atom. The monoisotopic (exact) mass is 283 g/mol. The minimum absolute atomic E-state index is 0.00824. The first-order valence-corrected chi connectivity index (χ1v) is 5.63. The summed E-state index contributed by atoms with van der Waals surface area (Å²) in [6, 6.07) is 5.68. The molecule has 0 spiro atoms. The van der Waals surface area contributed by atoms with E-state index in [2.05, 4.69) is 21.1 Å². The van der Waals surface area contributed by atoms with Crippen LogP contribution in [0, 0.1) is 5.92 Å². The van der Waals surface area contributed by atoms with E-state index < -0.39 is 5.97 Å². The summed E-state index contributed by atoms with van der Waals surface area (Å²) in [5.74, 6) is -1.11. The number of carboxylic acid groups (broad SMARTS) is 1. The Morgan fingerprint density at radius 3 is 2.94 bits per heavy atom. The number of hydrogen-bond donors (Lipinski definition) is 2. The molecular weight excluding hydrogens is 274 g/mol. The maximum atomic E-state index is 10.7. The van der Waals surface area contributed by atoms with E-state index in [1.165, 1.54) is 0 Å². The summed E-state index contributed by atoms with van der Waals surface area (Å²) in [4.78, 5) is 10.7. The number of carbonyl (C=O) groups is 1. The molecule has 0 aliphatic heterocycles. The molecule has 4 nitrogen and oxygen atoms in total. The molecule has 0 bridgehead atoms. The second-order valence-corrected chi connectivity index (χ2v) is 4.70. The largest absolute Gasteiger partial charge is 0.481 e. The molecule has 0 heterocycles. The SMILES string of the molecule is O=C(O)CC1Cc2ccc(Br)cc2/C1=N/O. The molecule has 2 N–H and O–H groups in total. The molecule has 0 radical (unpaired) electrons. The molecule has 1 aromatic carbocycles. The molecule has 0 saturated heterocycles. The van der Waals surface area contributed by atoms with Crippen molar-refractivity contribution < 1.29 is 15.1 Å². The number of aliphatic carboxylic acids is 1. The summed E-state index contributed by atoms with van der Waals surface area (Å²) >= 11 is 3.34. The highest BCUT2D eigenvalue weighted by Crippen LogP contribution is 2.31. The van der Waals surface area contributed by atoms with E-state index in [4.69, 9.17) is 10.3 Å². The lowest BCUT2D eigenvalue weighted by atomic mass is 10.0. The van der Waals surface area contributed by atoms with Crippen molar-refractivity contribution in [2.75, 3.05) is 0 Å². The lowest BCUT2D eigenvalue weighted by molar-refractivity contribution is -0.137. The van der Waals surface area contributed by atoms with Gasteiger partial charge >= 0.3 is 5.97 Å². The molecule has 5 heteroatoms. The van der Waals surface area contributed by atoms with E-state index in [0.717, 1.165) is 15.6 Å². The first-order chi connectivity index (χ1) is 7.61. The van der Waals surface area contributed by atoms with Crippen LogP contribution in [0.3, 0.4) is 0 Å². The Balaban J connectivity index is 2.37. The molecule has 1 atom stereocenters. The molecule has 2 rings (SSSR count). The second kappa shape index (κ2) is 4.25. The average Bonchev–Trinajstić information content (AvgIpc) is 2.53. The summed E-state index contributed by atoms with van der Waals surface area (Å²) < 4.78 is 0.892. The van der Waals surface area contributed by atoms with Crippen molar-refractivity contribution in [3.63, 3.8) is 0 Å². The summed E-state index contributed by atoms with van der Waals surface area (Å²) in [7, 11) is 0. The predicted octanol–water partition coefficient (Wildman–Crippen LogP) is 2.27. The maximum absolute atomic E-state index is 10.7. The zero-order valence-corrected chi connectivity index (χ0v) is 9.94. The Hall–Kier alpha value is -1.36. The number of rotatable bonds is 2. The molecule has 16 heavy (non-hydrogen) atoms. The number of oxime groups is 1. The number of carboxylic acids is 1. The van der Waals surface area contributed by atoms with E-state index in [1.807, 2.05) is 18.2 Å². The van der Waals surface area contributed by atoms with Crippen LogP contribution in [0.4, 0.5) is 0 Å². The lowest BCUT2D eigenvalue weighted by Gasteiger charge is -2.05. The molecule has 1 unspecified atom stereocenters. The summed E-state index contributed by atoms with van der Waals surface area (Å²) in [5, 5.41) is 21.0. The Morgan fingerprint density at radius 1 is 1.56 bits per heavy atom. The van der Waals surface area contributed by atoms with Gasteiger partial charge in [-0.1, -0.05) is 27.2 Å². The number of halogens is 1. The smallest absolute Gasteiger partial charge is 0.304 e.